The third-order valence-corrected chi connectivity index (χ3v) is 5.31. The molecule has 3 heterocycles. The first-order chi connectivity index (χ1) is 13.2. The third-order valence-electron chi connectivity index (χ3n) is 4.75. The summed E-state index contributed by atoms with van der Waals surface area (Å²) in [7, 11) is 1.68. The number of rotatable bonds is 5. The lowest BCUT2D eigenvalue weighted by Gasteiger charge is -2.27. The van der Waals surface area contributed by atoms with E-state index in [1.807, 2.05) is 36.7 Å². The Morgan fingerprint density at radius 2 is 1.96 bits per heavy atom. The highest BCUT2D eigenvalue weighted by Gasteiger charge is 2.19. The molecular formula is C21H22N4OS. The van der Waals surface area contributed by atoms with Gasteiger partial charge in [0.25, 0.3) is 0 Å². The topological polar surface area (TPSA) is 51.1 Å². The predicted molar refractivity (Wildman–Crippen MR) is 108 cm³/mol. The van der Waals surface area contributed by atoms with Crippen LogP contribution in [-0.4, -0.2) is 39.8 Å². The summed E-state index contributed by atoms with van der Waals surface area (Å²) in [6, 6.07) is 14.2. The number of methoxy groups -OCH3 is 1. The average molecular weight is 379 g/mol. The van der Waals surface area contributed by atoms with Crippen LogP contribution in [0.1, 0.15) is 17.0 Å². The average Bonchev–Trinajstić information content (AvgIpc) is 2.73. The monoisotopic (exact) mass is 378 g/mol. The van der Waals surface area contributed by atoms with Crippen LogP contribution < -0.4 is 4.74 Å². The van der Waals surface area contributed by atoms with Gasteiger partial charge >= 0.3 is 0 Å². The summed E-state index contributed by atoms with van der Waals surface area (Å²) in [5, 5.41) is 0.857. The molecule has 0 radical (unpaired) electrons. The standard InChI is InChI=1S/C21H22N4OS/c1-26-18-8-6-15(7-9-18)19-5-3-4-17(23-19)14-25-11-10-20-16(13-25)12-22-21(24-20)27-2/h3-9,12H,10-11,13-14H2,1-2H3. The number of pyridine rings is 1. The molecule has 138 valence electrons. The van der Waals surface area contributed by atoms with Crippen LogP contribution in [0.3, 0.4) is 0 Å². The maximum Gasteiger partial charge on any atom is 0.187 e. The molecule has 1 aromatic carbocycles. The maximum absolute atomic E-state index is 5.23. The molecule has 0 atom stereocenters. The van der Waals surface area contributed by atoms with E-state index in [1.54, 1.807) is 18.9 Å². The molecule has 5 nitrogen and oxygen atoms in total. The van der Waals surface area contributed by atoms with Crippen molar-refractivity contribution in [3.05, 3.63) is 65.6 Å². The molecule has 1 aliphatic heterocycles. The quantitative estimate of drug-likeness (QED) is 0.497. The van der Waals surface area contributed by atoms with E-state index >= 15 is 0 Å². The number of hydrogen-bond donors (Lipinski definition) is 0. The summed E-state index contributed by atoms with van der Waals surface area (Å²) in [5.41, 5.74) is 5.57. The van der Waals surface area contributed by atoms with E-state index in [-0.39, 0.29) is 0 Å². The van der Waals surface area contributed by atoms with E-state index < -0.39 is 0 Å². The third kappa shape index (κ3) is 4.12. The Balaban J connectivity index is 1.48. The fourth-order valence-corrected chi connectivity index (χ4v) is 3.67. The molecule has 27 heavy (non-hydrogen) atoms. The van der Waals surface area contributed by atoms with Gasteiger partial charge in [0.15, 0.2) is 5.16 Å². The number of fused-ring (bicyclic) bond motifs is 1. The van der Waals surface area contributed by atoms with E-state index in [1.165, 1.54) is 11.3 Å². The van der Waals surface area contributed by atoms with Gasteiger partial charge < -0.3 is 4.74 Å². The summed E-state index contributed by atoms with van der Waals surface area (Å²) in [5.74, 6) is 0.855. The van der Waals surface area contributed by atoms with E-state index in [4.69, 9.17) is 9.72 Å². The first kappa shape index (κ1) is 17.9. The van der Waals surface area contributed by atoms with Crippen LogP contribution in [-0.2, 0) is 19.5 Å². The molecular weight excluding hydrogens is 356 g/mol. The van der Waals surface area contributed by atoms with Gasteiger partial charge in [0.2, 0.25) is 0 Å². The molecule has 0 N–H and O–H groups in total. The van der Waals surface area contributed by atoms with Crippen LogP contribution in [0.15, 0.2) is 53.8 Å². The van der Waals surface area contributed by atoms with Gasteiger partial charge in [-0.05, 0) is 42.7 Å². The highest BCUT2D eigenvalue weighted by atomic mass is 32.2. The molecule has 0 bridgehead atoms. The van der Waals surface area contributed by atoms with Crippen molar-refractivity contribution in [2.24, 2.45) is 0 Å². The molecule has 0 amide bonds. The molecule has 0 saturated heterocycles. The largest absolute Gasteiger partial charge is 0.497 e. The summed E-state index contributed by atoms with van der Waals surface area (Å²) < 4.78 is 5.23. The number of thioether (sulfide) groups is 1. The first-order valence-corrected chi connectivity index (χ1v) is 10.2. The van der Waals surface area contributed by atoms with Gasteiger partial charge in [-0.1, -0.05) is 17.8 Å². The molecule has 6 heteroatoms. The second kappa shape index (κ2) is 8.06. The number of hydrogen-bond acceptors (Lipinski definition) is 6. The summed E-state index contributed by atoms with van der Waals surface area (Å²) in [4.78, 5) is 16.3. The van der Waals surface area contributed by atoms with E-state index in [2.05, 4.69) is 33.1 Å². The fraction of sp³-hybridized carbons (Fsp3) is 0.286. The normalized spacial score (nSPS) is 14.0. The first-order valence-electron chi connectivity index (χ1n) is 8.96. The molecule has 0 aliphatic carbocycles. The van der Waals surface area contributed by atoms with Crippen molar-refractivity contribution in [3.63, 3.8) is 0 Å². The lowest BCUT2D eigenvalue weighted by atomic mass is 10.1. The second-order valence-electron chi connectivity index (χ2n) is 6.53. The smallest absolute Gasteiger partial charge is 0.187 e. The molecule has 0 saturated carbocycles. The number of ether oxygens (including phenoxy) is 1. The van der Waals surface area contributed by atoms with Crippen molar-refractivity contribution in [3.8, 4) is 17.0 Å². The van der Waals surface area contributed by atoms with Crippen LogP contribution in [0.25, 0.3) is 11.3 Å². The van der Waals surface area contributed by atoms with Gasteiger partial charge in [0.05, 0.1) is 24.2 Å². The second-order valence-corrected chi connectivity index (χ2v) is 7.31. The highest BCUT2D eigenvalue weighted by molar-refractivity contribution is 7.98. The molecule has 0 spiro atoms. The summed E-state index contributed by atoms with van der Waals surface area (Å²) in [6.45, 7) is 2.69. The van der Waals surface area contributed by atoms with Gasteiger partial charge in [-0.3, -0.25) is 9.88 Å². The van der Waals surface area contributed by atoms with Crippen molar-refractivity contribution in [1.29, 1.82) is 0 Å². The van der Waals surface area contributed by atoms with Crippen molar-refractivity contribution in [2.45, 2.75) is 24.7 Å². The minimum absolute atomic E-state index is 0.827. The Morgan fingerprint density at radius 1 is 1.11 bits per heavy atom. The van der Waals surface area contributed by atoms with Gasteiger partial charge in [-0.2, -0.15) is 0 Å². The Kier molecular flexibility index (Phi) is 5.36. The predicted octanol–water partition coefficient (Wildman–Crippen LogP) is 3.83. The van der Waals surface area contributed by atoms with Crippen molar-refractivity contribution in [2.75, 3.05) is 19.9 Å². The molecule has 0 fully saturated rings. The van der Waals surface area contributed by atoms with E-state index in [0.717, 1.165) is 53.9 Å². The van der Waals surface area contributed by atoms with Crippen molar-refractivity contribution < 1.29 is 4.74 Å². The number of nitrogens with zero attached hydrogens (tertiary/aromatic N) is 4. The lowest BCUT2D eigenvalue weighted by Crippen LogP contribution is -2.31. The summed E-state index contributed by atoms with van der Waals surface area (Å²) in [6.07, 6.45) is 4.95. The van der Waals surface area contributed by atoms with Gasteiger partial charge in [-0.25, -0.2) is 9.97 Å². The minimum Gasteiger partial charge on any atom is -0.497 e. The SMILES string of the molecule is COc1ccc(-c2cccc(CN3CCc4nc(SC)ncc4C3)n2)cc1. The van der Waals surface area contributed by atoms with E-state index in [9.17, 15) is 0 Å². The summed E-state index contributed by atoms with van der Waals surface area (Å²) >= 11 is 1.59. The van der Waals surface area contributed by atoms with Crippen LogP contribution in [0, 0.1) is 0 Å². The zero-order chi connectivity index (χ0) is 18.6. The maximum atomic E-state index is 5.23. The lowest BCUT2D eigenvalue weighted by molar-refractivity contribution is 0.239. The highest BCUT2D eigenvalue weighted by Crippen LogP contribution is 2.23. The Morgan fingerprint density at radius 3 is 2.74 bits per heavy atom. The zero-order valence-electron chi connectivity index (χ0n) is 15.6. The van der Waals surface area contributed by atoms with Crippen LogP contribution in [0.4, 0.5) is 0 Å². The zero-order valence-corrected chi connectivity index (χ0v) is 16.4. The molecule has 4 rings (SSSR count). The molecule has 1 aliphatic rings. The Bertz CT molecular complexity index is 930. The van der Waals surface area contributed by atoms with Gasteiger partial charge in [0.1, 0.15) is 5.75 Å². The van der Waals surface area contributed by atoms with Crippen molar-refractivity contribution >= 4 is 11.8 Å². The van der Waals surface area contributed by atoms with Crippen molar-refractivity contribution in [1.82, 2.24) is 19.9 Å². The van der Waals surface area contributed by atoms with Crippen LogP contribution in [0.5, 0.6) is 5.75 Å². The number of aromatic nitrogens is 3. The van der Waals surface area contributed by atoms with Crippen LogP contribution in [0.2, 0.25) is 0 Å². The molecule has 3 aromatic rings. The molecule has 2 aromatic heterocycles. The van der Waals surface area contributed by atoms with Gasteiger partial charge in [0, 0.05) is 43.4 Å². The van der Waals surface area contributed by atoms with Crippen LogP contribution >= 0.6 is 11.8 Å². The van der Waals surface area contributed by atoms with E-state index in [0.29, 0.717) is 0 Å². The molecule has 0 unspecified atom stereocenters. The number of benzene rings is 1. The Hall–Kier alpha value is -2.44. The minimum atomic E-state index is 0.827. The van der Waals surface area contributed by atoms with Gasteiger partial charge in [-0.15, -0.1) is 0 Å². The Labute approximate surface area is 163 Å². The fourth-order valence-electron chi connectivity index (χ4n) is 3.31.